The van der Waals surface area contributed by atoms with E-state index in [-0.39, 0.29) is 5.91 Å². The lowest BCUT2D eigenvalue weighted by molar-refractivity contribution is 0.0952. The summed E-state index contributed by atoms with van der Waals surface area (Å²) in [5, 5.41) is 3.44. The molecular formula is C12H19N3OS. The van der Waals surface area contributed by atoms with Gasteiger partial charge in [0.25, 0.3) is 5.91 Å². The first kappa shape index (κ1) is 13.8. The summed E-state index contributed by atoms with van der Waals surface area (Å²) < 4.78 is 0. The maximum Gasteiger partial charge on any atom is 0.253 e. The first-order valence-electron chi connectivity index (χ1n) is 5.57. The molecule has 0 bridgehead atoms. The van der Waals surface area contributed by atoms with Gasteiger partial charge in [-0.25, -0.2) is 0 Å². The van der Waals surface area contributed by atoms with Crippen molar-refractivity contribution in [3.05, 3.63) is 23.5 Å². The van der Waals surface area contributed by atoms with Crippen molar-refractivity contribution in [3.8, 4) is 0 Å². The van der Waals surface area contributed by atoms with E-state index in [0.29, 0.717) is 28.7 Å². The van der Waals surface area contributed by atoms with Crippen LogP contribution >= 0.6 is 11.8 Å². The van der Waals surface area contributed by atoms with Crippen LogP contribution in [0.1, 0.15) is 29.4 Å². The number of nitrogens with zero attached hydrogens (tertiary/aromatic N) is 1. The van der Waals surface area contributed by atoms with Gasteiger partial charge in [0.15, 0.2) is 0 Å². The summed E-state index contributed by atoms with van der Waals surface area (Å²) in [7, 11) is 0. The Morgan fingerprint density at radius 1 is 1.65 bits per heavy atom. The van der Waals surface area contributed by atoms with Gasteiger partial charge in [-0.2, -0.15) is 11.8 Å². The van der Waals surface area contributed by atoms with E-state index < -0.39 is 0 Å². The van der Waals surface area contributed by atoms with Gasteiger partial charge in [-0.1, -0.05) is 6.92 Å². The van der Waals surface area contributed by atoms with Crippen molar-refractivity contribution < 1.29 is 4.79 Å². The molecule has 1 unspecified atom stereocenters. The average molecular weight is 253 g/mol. The Bertz CT molecular complexity index is 395. The number of hydrogen-bond acceptors (Lipinski definition) is 4. The molecule has 17 heavy (non-hydrogen) atoms. The topological polar surface area (TPSA) is 68.0 Å². The molecule has 0 aliphatic rings. The van der Waals surface area contributed by atoms with Gasteiger partial charge < -0.3 is 11.1 Å². The van der Waals surface area contributed by atoms with Crippen molar-refractivity contribution in [2.24, 2.45) is 0 Å². The molecule has 0 fully saturated rings. The number of nitrogens with two attached hydrogens (primary N) is 1. The summed E-state index contributed by atoms with van der Waals surface area (Å²) in [4.78, 5) is 15.9. The van der Waals surface area contributed by atoms with Crippen molar-refractivity contribution in [1.82, 2.24) is 10.3 Å². The van der Waals surface area contributed by atoms with E-state index in [0.717, 1.165) is 6.42 Å². The zero-order chi connectivity index (χ0) is 12.8. The Morgan fingerprint density at radius 3 is 3.00 bits per heavy atom. The first-order valence-corrected chi connectivity index (χ1v) is 6.86. The van der Waals surface area contributed by atoms with Gasteiger partial charge in [0.1, 0.15) is 0 Å². The second-order valence-electron chi connectivity index (χ2n) is 3.99. The molecule has 94 valence electrons. The van der Waals surface area contributed by atoms with Crippen LogP contribution in [-0.4, -0.2) is 28.9 Å². The SMILES string of the molecule is CSC(C)CCNC(=O)c1cc(N)cnc1C. The zero-order valence-corrected chi connectivity index (χ0v) is 11.3. The minimum absolute atomic E-state index is 0.101. The lowest BCUT2D eigenvalue weighted by atomic mass is 10.2. The molecule has 0 aromatic carbocycles. The van der Waals surface area contributed by atoms with E-state index >= 15 is 0 Å². The average Bonchev–Trinajstić information content (AvgIpc) is 2.31. The molecule has 4 nitrogen and oxygen atoms in total. The maximum atomic E-state index is 11.9. The van der Waals surface area contributed by atoms with Crippen molar-refractivity contribution in [2.45, 2.75) is 25.5 Å². The Kier molecular flexibility index (Phi) is 5.28. The van der Waals surface area contributed by atoms with Crippen LogP contribution in [0.15, 0.2) is 12.3 Å². The predicted octanol–water partition coefficient (Wildman–Crippen LogP) is 1.84. The third kappa shape index (κ3) is 4.26. The minimum Gasteiger partial charge on any atom is -0.397 e. The van der Waals surface area contributed by atoms with Crippen molar-refractivity contribution >= 4 is 23.4 Å². The number of pyridine rings is 1. The number of hydrogen-bond donors (Lipinski definition) is 2. The summed E-state index contributed by atoms with van der Waals surface area (Å²) in [5.41, 5.74) is 7.39. The molecule has 3 N–H and O–H groups in total. The number of carbonyl (C=O) groups is 1. The fourth-order valence-electron chi connectivity index (χ4n) is 1.38. The van der Waals surface area contributed by atoms with E-state index in [2.05, 4.69) is 23.5 Å². The lowest BCUT2D eigenvalue weighted by Gasteiger charge is -2.10. The highest BCUT2D eigenvalue weighted by molar-refractivity contribution is 7.99. The Morgan fingerprint density at radius 2 is 2.35 bits per heavy atom. The zero-order valence-electron chi connectivity index (χ0n) is 10.5. The largest absolute Gasteiger partial charge is 0.397 e. The van der Waals surface area contributed by atoms with E-state index in [1.54, 1.807) is 30.9 Å². The normalized spacial score (nSPS) is 12.2. The van der Waals surface area contributed by atoms with E-state index in [4.69, 9.17) is 5.73 Å². The highest BCUT2D eigenvalue weighted by Crippen LogP contribution is 2.10. The third-order valence-corrected chi connectivity index (χ3v) is 3.63. The van der Waals surface area contributed by atoms with Crippen LogP contribution in [0.2, 0.25) is 0 Å². The first-order chi connectivity index (χ1) is 8.04. The third-order valence-electron chi connectivity index (χ3n) is 2.59. The molecule has 0 aliphatic carbocycles. The van der Waals surface area contributed by atoms with Gasteiger partial charge in [0.2, 0.25) is 0 Å². The molecular weight excluding hydrogens is 234 g/mol. The van der Waals surface area contributed by atoms with Crippen LogP contribution < -0.4 is 11.1 Å². The van der Waals surface area contributed by atoms with Crippen LogP contribution in [0.4, 0.5) is 5.69 Å². The molecule has 5 heteroatoms. The fraction of sp³-hybridized carbons (Fsp3) is 0.500. The van der Waals surface area contributed by atoms with Crippen LogP contribution in [0.3, 0.4) is 0 Å². The van der Waals surface area contributed by atoms with Gasteiger partial charge >= 0.3 is 0 Å². The smallest absolute Gasteiger partial charge is 0.253 e. The Balaban J connectivity index is 2.55. The second kappa shape index (κ2) is 6.49. The molecule has 1 heterocycles. The molecule has 1 rings (SSSR count). The van der Waals surface area contributed by atoms with Gasteiger partial charge in [-0.3, -0.25) is 9.78 Å². The van der Waals surface area contributed by atoms with Crippen LogP contribution in [0.25, 0.3) is 0 Å². The number of carbonyl (C=O) groups excluding carboxylic acids is 1. The number of rotatable bonds is 5. The van der Waals surface area contributed by atoms with E-state index in [1.165, 1.54) is 0 Å². The van der Waals surface area contributed by atoms with Crippen LogP contribution in [0, 0.1) is 6.92 Å². The second-order valence-corrected chi connectivity index (χ2v) is 5.27. The van der Waals surface area contributed by atoms with E-state index in [9.17, 15) is 4.79 Å². The number of thioether (sulfide) groups is 1. The van der Waals surface area contributed by atoms with E-state index in [1.807, 2.05) is 0 Å². The Hall–Kier alpha value is -1.23. The quantitative estimate of drug-likeness (QED) is 0.840. The lowest BCUT2D eigenvalue weighted by Crippen LogP contribution is -2.27. The minimum atomic E-state index is -0.101. The molecule has 0 saturated heterocycles. The number of aryl methyl sites for hydroxylation is 1. The number of amides is 1. The molecule has 0 radical (unpaired) electrons. The highest BCUT2D eigenvalue weighted by Gasteiger charge is 2.10. The molecule has 1 amide bonds. The summed E-state index contributed by atoms with van der Waals surface area (Å²) in [5.74, 6) is -0.101. The number of anilines is 1. The number of nitrogen functional groups attached to an aromatic ring is 1. The van der Waals surface area contributed by atoms with Gasteiger partial charge in [-0.05, 0) is 25.7 Å². The maximum absolute atomic E-state index is 11.9. The molecule has 1 aromatic rings. The van der Waals surface area contributed by atoms with Gasteiger partial charge in [0, 0.05) is 11.8 Å². The van der Waals surface area contributed by atoms with Crippen molar-refractivity contribution in [1.29, 1.82) is 0 Å². The van der Waals surface area contributed by atoms with Crippen molar-refractivity contribution in [3.63, 3.8) is 0 Å². The summed E-state index contributed by atoms with van der Waals surface area (Å²) >= 11 is 1.79. The highest BCUT2D eigenvalue weighted by atomic mass is 32.2. The summed E-state index contributed by atoms with van der Waals surface area (Å²) in [6.07, 6.45) is 4.59. The monoisotopic (exact) mass is 253 g/mol. The molecule has 1 aromatic heterocycles. The number of nitrogens with one attached hydrogen (secondary N) is 1. The molecule has 0 spiro atoms. The summed E-state index contributed by atoms with van der Waals surface area (Å²) in [6, 6.07) is 1.66. The fourth-order valence-corrected chi connectivity index (χ4v) is 1.73. The predicted molar refractivity (Wildman–Crippen MR) is 73.3 cm³/mol. The Labute approximate surface area is 106 Å². The molecule has 0 saturated carbocycles. The van der Waals surface area contributed by atoms with Crippen molar-refractivity contribution in [2.75, 3.05) is 18.5 Å². The van der Waals surface area contributed by atoms with Crippen LogP contribution in [-0.2, 0) is 0 Å². The molecule has 0 aliphatic heterocycles. The standard InChI is InChI=1S/C12H19N3OS/c1-8(17-3)4-5-14-12(16)11-6-10(13)7-15-9(11)2/h6-8H,4-5,13H2,1-3H3,(H,14,16). The van der Waals surface area contributed by atoms with Gasteiger partial charge in [0.05, 0.1) is 23.1 Å². The van der Waals surface area contributed by atoms with Crippen LogP contribution in [0.5, 0.6) is 0 Å². The summed E-state index contributed by atoms with van der Waals surface area (Å²) in [6.45, 7) is 4.62. The number of aromatic nitrogens is 1. The molecule has 1 atom stereocenters. The van der Waals surface area contributed by atoms with Gasteiger partial charge in [-0.15, -0.1) is 0 Å².